The zero-order valence-electron chi connectivity index (χ0n) is 25.2. The Morgan fingerprint density at radius 1 is 0.558 bits per heavy atom. The van der Waals surface area contributed by atoms with Crippen molar-refractivity contribution in [2.75, 3.05) is 0 Å². The second-order valence-corrected chi connectivity index (χ2v) is 9.99. The van der Waals surface area contributed by atoms with Crippen molar-refractivity contribution in [3.8, 4) is 28.7 Å². The standard InChI is InChI=1S/C33H34O10/c1-17(2)29(34)39-23-11-13-25(27(15-23)42-31(36)19(5)6)21(9)22(10)33(38)41-26-14-12-24(40-30(35)18(3)4)16-28(26)43-32(37)20(7)8/h11-16,18H,1,5,7H2,2-4,6,8-10H3/b22-21+. The number of carbonyl (C=O) groups excluding carboxylic acids is 5. The molecule has 0 saturated carbocycles. The highest BCUT2D eigenvalue weighted by molar-refractivity contribution is 5.99. The fourth-order valence-corrected chi connectivity index (χ4v) is 3.01. The molecule has 0 unspecified atom stereocenters. The Labute approximate surface area is 250 Å². The van der Waals surface area contributed by atoms with E-state index in [1.165, 1.54) is 64.1 Å². The highest BCUT2D eigenvalue weighted by Gasteiger charge is 2.22. The van der Waals surface area contributed by atoms with Crippen LogP contribution in [0.3, 0.4) is 0 Å². The minimum Gasteiger partial charge on any atom is -0.426 e. The predicted molar refractivity (Wildman–Crippen MR) is 159 cm³/mol. The summed E-state index contributed by atoms with van der Waals surface area (Å²) in [6.45, 7) is 21.4. The lowest BCUT2D eigenvalue weighted by Gasteiger charge is -2.16. The molecule has 0 aromatic heterocycles. The Balaban J connectivity index is 2.50. The molecule has 0 atom stereocenters. The van der Waals surface area contributed by atoms with Gasteiger partial charge in [-0.3, -0.25) is 4.79 Å². The summed E-state index contributed by atoms with van der Waals surface area (Å²) in [6, 6.07) is 8.23. The first-order valence-electron chi connectivity index (χ1n) is 13.0. The number of ether oxygens (including phenoxy) is 5. The molecule has 2 rings (SSSR count). The van der Waals surface area contributed by atoms with Gasteiger partial charge >= 0.3 is 29.8 Å². The fraction of sp³-hybridized carbons (Fsp3) is 0.242. The van der Waals surface area contributed by atoms with Crippen LogP contribution in [0.4, 0.5) is 0 Å². The third-order valence-corrected chi connectivity index (χ3v) is 5.69. The van der Waals surface area contributed by atoms with Gasteiger partial charge in [0, 0.05) is 40.0 Å². The van der Waals surface area contributed by atoms with Gasteiger partial charge in [-0.25, -0.2) is 19.2 Å². The molecular weight excluding hydrogens is 556 g/mol. The number of allylic oxidation sites excluding steroid dienone is 1. The first-order valence-corrected chi connectivity index (χ1v) is 13.0. The smallest absolute Gasteiger partial charge is 0.339 e. The number of rotatable bonds is 11. The molecule has 0 saturated heterocycles. The molecule has 0 fully saturated rings. The van der Waals surface area contributed by atoms with Crippen molar-refractivity contribution in [2.45, 2.75) is 48.5 Å². The molecule has 43 heavy (non-hydrogen) atoms. The largest absolute Gasteiger partial charge is 0.426 e. The molecular formula is C33H34O10. The number of hydrogen-bond acceptors (Lipinski definition) is 10. The Kier molecular flexibility index (Phi) is 11.5. The van der Waals surface area contributed by atoms with Gasteiger partial charge in [-0.15, -0.1) is 0 Å². The van der Waals surface area contributed by atoms with E-state index in [-0.39, 0.29) is 51.0 Å². The molecule has 226 valence electrons. The van der Waals surface area contributed by atoms with Crippen molar-refractivity contribution < 1.29 is 47.7 Å². The van der Waals surface area contributed by atoms with Gasteiger partial charge in [0.05, 0.1) is 5.92 Å². The number of carbonyl (C=O) groups is 5. The Bertz CT molecular complexity index is 1560. The lowest BCUT2D eigenvalue weighted by molar-refractivity contribution is -0.138. The molecule has 0 spiro atoms. The maximum atomic E-state index is 13.3. The molecule has 0 N–H and O–H groups in total. The fourth-order valence-electron chi connectivity index (χ4n) is 3.01. The molecule has 0 radical (unpaired) electrons. The van der Waals surface area contributed by atoms with Gasteiger partial charge in [0.15, 0.2) is 11.5 Å². The SMILES string of the molecule is C=C(C)C(=O)Oc1ccc(/C(C)=C(\C)C(=O)Oc2ccc(OC(=O)C(C)C)cc2OC(=O)C(=C)C)c(OC(=O)C(=C)C)c1. The van der Waals surface area contributed by atoms with Crippen LogP contribution in [0.1, 0.15) is 54.0 Å². The van der Waals surface area contributed by atoms with Crippen LogP contribution in [-0.4, -0.2) is 29.8 Å². The molecule has 0 heterocycles. The van der Waals surface area contributed by atoms with Crippen LogP contribution < -0.4 is 23.7 Å². The second-order valence-electron chi connectivity index (χ2n) is 9.99. The van der Waals surface area contributed by atoms with Crippen LogP contribution in [0.15, 0.2) is 78.4 Å². The van der Waals surface area contributed by atoms with Gasteiger partial charge < -0.3 is 23.7 Å². The van der Waals surface area contributed by atoms with E-state index in [9.17, 15) is 24.0 Å². The quantitative estimate of drug-likeness (QED) is 0.172. The summed E-state index contributed by atoms with van der Waals surface area (Å²) in [5.74, 6) is -4.12. The van der Waals surface area contributed by atoms with E-state index < -0.39 is 35.8 Å². The number of esters is 5. The van der Waals surface area contributed by atoms with Gasteiger partial charge in [-0.2, -0.15) is 0 Å². The van der Waals surface area contributed by atoms with Crippen molar-refractivity contribution in [1.82, 2.24) is 0 Å². The first kappa shape index (κ1) is 34.0. The molecule has 10 nitrogen and oxygen atoms in total. The highest BCUT2D eigenvalue weighted by Crippen LogP contribution is 2.36. The van der Waals surface area contributed by atoms with Crippen molar-refractivity contribution in [3.05, 3.63) is 84.0 Å². The summed E-state index contributed by atoms with van der Waals surface area (Å²) in [7, 11) is 0. The predicted octanol–water partition coefficient (Wildman–Crippen LogP) is 6.09. The monoisotopic (exact) mass is 590 g/mol. The van der Waals surface area contributed by atoms with Gasteiger partial charge in [0.25, 0.3) is 0 Å². The number of hydrogen-bond donors (Lipinski definition) is 0. The highest BCUT2D eigenvalue weighted by atomic mass is 16.6. The van der Waals surface area contributed by atoms with Crippen LogP contribution in [-0.2, 0) is 24.0 Å². The maximum Gasteiger partial charge on any atom is 0.339 e. The van der Waals surface area contributed by atoms with Crippen LogP contribution in [0.25, 0.3) is 5.57 Å². The summed E-state index contributed by atoms with van der Waals surface area (Å²) in [5.41, 5.74) is 1.15. The molecule has 0 amide bonds. The number of benzene rings is 2. The Morgan fingerprint density at radius 3 is 1.53 bits per heavy atom. The van der Waals surface area contributed by atoms with E-state index in [2.05, 4.69) is 19.7 Å². The third-order valence-electron chi connectivity index (χ3n) is 5.69. The van der Waals surface area contributed by atoms with Crippen LogP contribution in [0.2, 0.25) is 0 Å². The van der Waals surface area contributed by atoms with E-state index in [1.54, 1.807) is 20.8 Å². The summed E-state index contributed by atoms with van der Waals surface area (Å²) in [6.07, 6.45) is 0. The minimum absolute atomic E-state index is 0.00272. The zero-order valence-corrected chi connectivity index (χ0v) is 25.2. The minimum atomic E-state index is -0.827. The van der Waals surface area contributed by atoms with E-state index in [0.29, 0.717) is 11.1 Å². The van der Waals surface area contributed by atoms with Gasteiger partial charge in [0.1, 0.15) is 17.2 Å². The van der Waals surface area contributed by atoms with Crippen molar-refractivity contribution >= 4 is 35.4 Å². The summed E-state index contributed by atoms with van der Waals surface area (Å²) < 4.78 is 26.9. The summed E-state index contributed by atoms with van der Waals surface area (Å²) in [5, 5.41) is 0. The molecule has 10 heteroatoms. The summed E-state index contributed by atoms with van der Waals surface area (Å²) >= 11 is 0. The van der Waals surface area contributed by atoms with Crippen LogP contribution in [0.5, 0.6) is 28.7 Å². The van der Waals surface area contributed by atoms with Gasteiger partial charge in [-0.05, 0) is 64.5 Å². The van der Waals surface area contributed by atoms with Crippen molar-refractivity contribution in [1.29, 1.82) is 0 Å². The second kappa shape index (κ2) is 14.6. The lowest BCUT2D eigenvalue weighted by atomic mass is 10.0. The van der Waals surface area contributed by atoms with E-state index in [1.807, 2.05) is 0 Å². The van der Waals surface area contributed by atoms with E-state index >= 15 is 0 Å². The molecule has 0 aliphatic heterocycles. The summed E-state index contributed by atoms with van der Waals surface area (Å²) in [4.78, 5) is 61.9. The average Bonchev–Trinajstić information content (AvgIpc) is 2.93. The van der Waals surface area contributed by atoms with E-state index in [0.717, 1.165) is 0 Å². The average molecular weight is 591 g/mol. The molecule has 2 aromatic carbocycles. The van der Waals surface area contributed by atoms with Gasteiger partial charge in [0.2, 0.25) is 0 Å². The third kappa shape index (κ3) is 9.39. The lowest BCUT2D eigenvalue weighted by Crippen LogP contribution is -2.16. The maximum absolute atomic E-state index is 13.3. The molecule has 0 aliphatic carbocycles. The van der Waals surface area contributed by atoms with E-state index in [4.69, 9.17) is 23.7 Å². The first-order chi connectivity index (χ1) is 20.0. The molecule has 2 aromatic rings. The van der Waals surface area contributed by atoms with Crippen molar-refractivity contribution in [2.24, 2.45) is 5.92 Å². The topological polar surface area (TPSA) is 132 Å². The Morgan fingerprint density at radius 2 is 1.00 bits per heavy atom. The molecule has 0 aliphatic rings. The van der Waals surface area contributed by atoms with Gasteiger partial charge in [-0.1, -0.05) is 33.6 Å². The van der Waals surface area contributed by atoms with Crippen LogP contribution >= 0.6 is 0 Å². The van der Waals surface area contributed by atoms with Crippen LogP contribution in [0, 0.1) is 5.92 Å². The Hall–Kier alpha value is -5.25. The zero-order chi connectivity index (χ0) is 32.6. The normalized spacial score (nSPS) is 11.1. The van der Waals surface area contributed by atoms with Crippen molar-refractivity contribution in [3.63, 3.8) is 0 Å². The molecule has 0 bridgehead atoms.